The zero-order valence-corrected chi connectivity index (χ0v) is 10.5. The van der Waals surface area contributed by atoms with Gasteiger partial charge in [-0.1, -0.05) is 12.1 Å². The molecule has 2 aromatic heterocycles. The SMILES string of the molecule is Nc1ccc(C(O)CNc2cncc3nnnn23)cc1. The zero-order valence-electron chi connectivity index (χ0n) is 10.5. The number of rotatable bonds is 4. The fourth-order valence-corrected chi connectivity index (χ4v) is 1.83. The molecule has 0 amide bonds. The summed E-state index contributed by atoms with van der Waals surface area (Å²) in [7, 11) is 0. The lowest BCUT2D eigenvalue weighted by atomic mass is 10.1. The third kappa shape index (κ3) is 2.36. The molecule has 0 fully saturated rings. The Morgan fingerprint density at radius 3 is 2.85 bits per heavy atom. The van der Waals surface area contributed by atoms with E-state index >= 15 is 0 Å². The van der Waals surface area contributed by atoms with Crippen LogP contribution in [-0.2, 0) is 0 Å². The van der Waals surface area contributed by atoms with Gasteiger partial charge in [0.05, 0.1) is 18.5 Å². The van der Waals surface area contributed by atoms with E-state index < -0.39 is 6.10 Å². The van der Waals surface area contributed by atoms with E-state index in [0.717, 1.165) is 5.56 Å². The van der Waals surface area contributed by atoms with Gasteiger partial charge in [0.1, 0.15) is 0 Å². The first kappa shape index (κ1) is 12.3. The highest BCUT2D eigenvalue weighted by Crippen LogP contribution is 2.15. The van der Waals surface area contributed by atoms with Crippen LogP contribution in [0.15, 0.2) is 36.7 Å². The molecule has 8 nitrogen and oxygen atoms in total. The molecule has 8 heteroatoms. The maximum absolute atomic E-state index is 10.1. The van der Waals surface area contributed by atoms with Gasteiger partial charge in [0.15, 0.2) is 11.5 Å². The number of aromatic nitrogens is 5. The summed E-state index contributed by atoms with van der Waals surface area (Å²) in [5.74, 6) is 0.613. The van der Waals surface area contributed by atoms with E-state index in [0.29, 0.717) is 23.7 Å². The van der Waals surface area contributed by atoms with E-state index in [1.807, 2.05) is 0 Å². The smallest absolute Gasteiger partial charge is 0.199 e. The van der Waals surface area contributed by atoms with Gasteiger partial charge in [-0.3, -0.25) is 4.98 Å². The van der Waals surface area contributed by atoms with Crippen LogP contribution >= 0.6 is 0 Å². The first-order valence-corrected chi connectivity index (χ1v) is 6.03. The summed E-state index contributed by atoms with van der Waals surface area (Å²) >= 11 is 0. The molecule has 20 heavy (non-hydrogen) atoms. The lowest BCUT2D eigenvalue weighted by Gasteiger charge is -2.13. The van der Waals surface area contributed by atoms with Gasteiger partial charge >= 0.3 is 0 Å². The number of hydrogen-bond donors (Lipinski definition) is 3. The van der Waals surface area contributed by atoms with Gasteiger partial charge in [-0.15, -0.1) is 5.10 Å². The molecule has 0 bridgehead atoms. The average molecular weight is 271 g/mol. The largest absolute Gasteiger partial charge is 0.399 e. The van der Waals surface area contributed by atoms with Crippen LogP contribution in [0, 0.1) is 0 Å². The van der Waals surface area contributed by atoms with Crippen LogP contribution in [0.5, 0.6) is 0 Å². The number of aliphatic hydroxyl groups excluding tert-OH is 1. The molecule has 0 aliphatic heterocycles. The minimum atomic E-state index is -0.665. The quantitative estimate of drug-likeness (QED) is 0.582. The van der Waals surface area contributed by atoms with Crippen molar-refractivity contribution in [3.8, 4) is 0 Å². The second-order valence-corrected chi connectivity index (χ2v) is 4.30. The number of nitrogens with one attached hydrogen (secondary N) is 1. The topological polar surface area (TPSA) is 114 Å². The molecule has 0 saturated heterocycles. The standard InChI is InChI=1S/C12H13N7O/c13-9-3-1-8(2-4-9)10(20)5-15-11-6-14-7-12-16-17-18-19(11)12/h1-4,6-7,10,15,20H,5,13H2. The summed E-state index contributed by atoms with van der Waals surface area (Å²) in [4.78, 5) is 4.02. The molecule has 1 unspecified atom stereocenters. The van der Waals surface area contributed by atoms with E-state index in [-0.39, 0.29) is 0 Å². The number of fused-ring (bicyclic) bond motifs is 1. The summed E-state index contributed by atoms with van der Waals surface area (Å²) in [5, 5.41) is 24.4. The molecular formula is C12H13N7O. The predicted molar refractivity (Wildman–Crippen MR) is 72.9 cm³/mol. The lowest BCUT2D eigenvalue weighted by molar-refractivity contribution is 0.191. The van der Waals surface area contributed by atoms with Crippen LogP contribution in [0.4, 0.5) is 11.5 Å². The summed E-state index contributed by atoms with van der Waals surface area (Å²) in [6.07, 6.45) is 2.49. The Labute approximate surface area is 114 Å². The highest BCUT2D eigenvalue weighted by Gasteiger charge is 2.09. The van der Waals surface area contributed by atoms with E-state index in [2.05, 4.69) is 25.8 Å². The number of aliphatic hydroxyl groups is 1. The monoisotopic (exact) mass is 271 g/mol. The number of nitrogen functional groups attached to an aromatic ring is 1. The molecule has 3 rings (SSSR count). The van der Waals surface area contributed by atoms with Gasteiger partial charge < -0.3 is 16.2 Å². The third-order valence-corrected chi connectivity index (χ3v) is 2.91. The van der Waals surface area contributed by atoms with Crippen molar-refractivity contribution in [2.24, 2.45) is 0 Å². The molecule has 0 saturated carbocycles. The maximum Gasteiger partial charge on any atom is 0.199 e. The Kier molecular flexibility index (Phi) is 3.13. The minimum Gasteiger partial charge on any atom is -0.399 e. The molecule has 4 N–H and O–H groups in total. The van der Waals surface area contributed by atoms with Crippen molar-refractivity contribution < 1.29 is 5.11 Å². The number of nitrogens with two attached hydrogens (primary N) is 1. The fraction of sp³-hybridized carbons (Fsp3) is 0.167. The Morgan fingerprint density at radius 2 is 2.05 bits per heavy atom. The number of benzene rings is 1. The molecule has 0 aliphatic rings. The van der Waals surface area contributed by atoms with Crippen molar-refractivity contribution in [1.29, 1.82) is 0 Å². The van der Waals surface area contributed by atoms with Gasteiger partial charge in [0.25, 0.3) is 0 Å². The first-order chi connectivity index (χ1) is 9.74. The first-order valence-electron chi connectivity index (χ1n) is 6.03. The van der Waals surface area contributed by atoms with Gasteiger partial charge in [-0.25, -0.2) is 0 Å². The highest BCUT2D eigenvalue weighted by molar-refractivity contribution is 5.44. The van der Waals surface area contributed by atoms with Crippen LogP contribution in [0.25, 0.3) is 5.65 Å². The Bertz CT molecular complexity index is 709. The van der Waals surface area contributed by atoms with Crippen LogP contribution in [-0.4, -0.2) is 36.7 Å². The average Bonchev–Trinajstić information content (AvgIpc) is 2.94. The Hall–Kier alpha value is -2.74. The Balaban J connectivity index is 1.73. The molecule has 102 valence electrons. The van der Waals surface area contributed by atoms with Crippen molar-refractivity contribution in [3.63, 3.8) is 0 Å². The predicted octanol–water partition coefficient (Wildman–Crippen LogP) is 0.247. The summed E-state index contributed by atoms with van der Waals surface area (Å²) in [6, 6.07) is 7.08. The number of hydrogen-bond acceptors (Lipinski definition) is 7. The van der Waals surface area contributed by atoms with Crippen molar-refractivity contribution in [1.82, 2.24) is 25.0 Å². The molecule has 0 spiro atoms. The second kappa shape index (κ2) is 5.10. The summed E-state index contributed by atoms with van der Waals surface area (Å²) < 4.78 is 1.52. The van der Waals surface area contributed by atoms with Gasteiger partial charge in [0, 0.05) is 12.2 Å². The number of tetrazole rings is 1. The molecule has 2 heterocycles. The van der Waals surface area contributed by atoms with E-state index in [1.54, 1.807) is 36.7 Å². The van der Waals surface area contributed by atoms with Crippen LogP contribution in [0.3, 0.4) is 0 Å². The van der Waals surface area contributed by atoms with Gasteiger partial charge in [-0.05, 0) is 28.1 Å². The third-order valence-electron chi connectivity index (χ3n) is 2.91. The van der Waals surface area contributed by atoms with E-state index in [1.165, 1.54) is 4.52 Å². The zero-order chi connectivity index (χ0) is 13.9. The van der Waals surface area contributed by atoms with Crippen LogP contribution < -0.4 is 11.1 Å². The van der Waals surface area contributed by atoms with E-state index in [9.17, 15) is 5.11 Å². The fourth-order valence-electron chi connectivity index (χ4n) is 1.83. The van der Waals surface area contributed by atoms with Crippen molar-refractivity contribution >= 4 is 17.2 Å². The maximum atomic E-state index is 10.1. The van der Waals surface area contributed by atoms with Crippen LogP contribution in [0.1, 0.15) is 11.7 Å². The normalized spacial score (nSPS) is 12.4. The second-order valence-electron chi connectivity index (χ2n) is 4.30. The highest BCUT2D eigenvalue weighted by atomic mass is 16.3. The molecule has 1 atom stereocenters. The molecular weight excluding hydrogens is 258 g/mol. The van der Waals surface area contributed by atoms with Crippen LogP contribution in [0.2, 0.25) is 0 Å². The summed E-state index contributed by atoms with van der Waals surface area (Å²) in [6.45, 7) is 0.310. The van der Waals surface area contributed by atoms with Crippen molar-refractivity contribution in [2.75, 3.05) is 17.6 Å². The minimum absolute atomic E-state index is 0.310. The van der Waals surface area contributed by atoms with E-state index in [4.69, 9.17) is 5.73 Å². The van der Waals surface area contributed by atoms with Crippen molar-refractivity contribution in [3.05, 3.63) is 42.2 Å². The number of anilines is 2. The van der Waals surface area contributed by atoms with Crippen molar-refractivity contribution in [2.45, 2.75) is 6.10 Å². The lowest BCUT2D eigenvalue weighted by Crippen LogP contribution is -2.14. The molecule has 1 aromatic carbocycles. The van der Waals surface area contributed by atoms with Gasteiger partial charge in [0.2, 0.25) is 0 Å². The molecule has 0 radical (unpaired) electrons. The molecule has 3 aromatic rings. The molecule has 0 aliphatic carbocycles. The Morgan fingerprint density at radius 1 is 1.25 bits per heavy atom. The van der Waals surface area contributed by atoms with Gasteiger partial charge in [-0.2, -0.15) is 4.52 Å². The summed E-state index contributed by atoms with van der Waals surface area (Å²) in [5.41, 5.74) is 7.59. The number of nitrogens with zero attached hydrogens (tertiary/aromatic N) is 5.